The summed E-state index contributed by atoms with van der Waals surface area (Å²) in [6, 6.07) is 16.2. The molecule has 7 rings (SSSR count). The van der Waals surface area contributed by atoms with E-state index in [4.69, 9.17) is 24.8 Å². The fourth-order valence-electron chi connectivity index (χ4n) is 7.00. The van der Waals surface area contributed by atoms with Crippen LogP contribution in [0.1, 0.15) is 43.7 Å². The molecule has 0 atom stereocenters. The van der Waals surface area contributed by atoms with Crippen molar-refractivity contribution in [1.82, 2.24) is 34.4 Å². The molecule has 0 bridgehead atoms. The molecule has 2 saturated heterocycles. The highest BCUT2D eigenvalue weighted by molar-refractivity contribution is 6.02. The summed E-state index contributed by atoms with van der Waals surface area (Å²) in [6.07, 6.45) is 9.15. The van der Waals surface area contributed by atoms with Crippen molar-refractivity contribution in [3.05, 3.63) is 84.2 Å². The topological polar surface area (TPSA) is 116 Å². The summed E-state index contributed by atoms with van der Waals surface area (Å²) < 4.78 is 8.25. The number of nitrogens with zero attached hydrogens (tertiary/aromatic N) is 8. The number of likely N-dealkylation sites (N-methyl/N-ethyl adjacent to an activating group) is 1. The minimum Gasteiger partial charge on any atom is -0.371 e. The normalized spacial score (nSPS) is 16.6. The van der Waals surface area contributed by atoms with E-state index in [2.05, 4.69) is 53.5 Å². The van der Waals surface area contributed by atoms with Gasteiger partial charge in [-0.15, -0.1) is 0 Å². The molecule has 2 aromatic carbocycles. The van der Waals surface area contributed by atoms with Crippen molar-refractivity contribution in [3.8, 4) is 11.3 Å². The third-order valence-electron chi connectivity index (χ3n) is 9.92. The van der Waals surface area contributed by atoms with Gasteiger partial charge in [-0.25, -0.2) is 0 Å². The van der Waals surface area contributed by atoms with Gasteiger partial charge in [-0.05, 0) is 69.1 Å². The summed E-state index contributed by atoms with van der Waals surface area (Å²) in [5.74, 6) is 1.45. The molecule has 2 aliphatic rings. The van der Waals surface area contributed by atoms with Crippen molar-refractivity contribution >= 4 is 39.9 Å². The fraction of sp³-hybridized carbons (Fsp3) is 0.410. The monoisotopic (exact) mass is 688 g/mol. The standard InChI is InChI=1S/C39H48N10O2/c1-27(2)33-25-42-49-36(33)44-38(48-21-22-51-39(26-48)15-19-47(5)20-16-39)45-37(49)41-24-29-9-6-7-10-31(29)35-32-13-12-30(23-28(32)14-17-40-35)43-34(50)11-8-18-46(3)4/h6-14,17,23,25,27H,15-16,18-22,24,26H2,1-5H3,(H,43,50)(H,41,44,45)/b11-8+. The minimum absolute atomic E-state index is 0.156. The Kier molecular flexibility index (Phi) is 9.99. The number of fused-ring (bicyclic) bond motifs is 2. The summed E-state index contributed by atoms with van der Waals surface area (Å²) in [5.41, 5.74) is 5.44. The Hall–Kier alpha value is -4.91. The first-order valence-electron chi connectivity index (χ1n) is 17.8. The number of anilines is 3. The maximum absolute atomic E-state index is 12.5. The number of hydrogen-bond donors (Lipinski definition) is 2. The first kappa shape index (κ1) is 34.5. The number of morpholine rings is 1. The van der Waals surface area contributed by atoms with Crippen LogP contribution in [0.15, 0.2) is 73.1 Å². The first-order valence-corrected chi connectivity index (χ1v) is 17.8. The number of ether oxygens (including phenoxy) is 1. The molecule has 2 N–H and O–H groups in total. The molecule has 1 amide bonds. The number of nitrogens with one attached hydrogen (secondary N) is 2. The van der Waals surface area contributed by atoms with Crippen LogP contribution in [0.2, 0.25) is 0 Å². The summed E-state index contributed by atoms with van der Waals surface area (Å²) in [6.45, 7) is 9.77. The molecular weight excluding hydrogens is 640 g/mol. The van der Waals surface area contributed by atoms with Gasteiger partial charge in [-0.2, -0.15) is 19.6 Å². The lowest BCUT2D eigenvalue weighted by Crippen LogP contribution is -2.56. The lowest BCUT2D eigenvalue weighted by atomic mass is 9.89. The van der Waals surface area contributed by atoms with Gasteiger partial charge in [-0.3, -0.25) is 9.78 Å². The second-order valence-electron chi connectivity index (χ2n) is 14.4. The van der Waals surface area contributed by atoms with Crippen LogP contribution in [0.4, 0.5) is 17.6 Å². The molecular formula is C39H48N10O2. The zero-order valence-corrected chi connectivity index (χ0v) is 30.3. The average Bonchev–Trinajstić information content (AvgIpc) is 3.57. The maximum atomic E-state index is 12.5. The van der Waals surface area contributed by atoms with Crippen molar-refractivity contribution in [1.29, 1.82) is 0 Å². The van der Waals surface area contributed by atoms with Crippen molar-refractivity contribution < 1.29 is 9.53 Å². The second kappa shape index (κ2) is 14.7. The van der Waals surface area contributed by atoms with Crippen LogP contribution >= 0.6 is 0 Å². The Morgan fingerprint density at radius 3 is 2.71 bits per heavy atom. The van der Waals surface area contributed by atoms with Crippen molar-refractivity contribution in [2.24, 2.45) is 0 Å². The van der Waals surface area contributed by atoms with Crippen LogP contribution in [-0.4, -0.2) is 106 Å². The molecule has 12 nitrogen and oxygen atoms in total. The molecule has 0 unspecified atom stereocenters. The number of carbonyl (C=O) groups is 1. The van der Waals surface area contributed by atoms with Gasteiger partial charge in [0.2, 0.25) is 17.8 Å². The third-order valence-corrected chi connectivity index (χ3v) is 9.92. The number of hydrogen-bond acceptors (Lipinski definition) is 10. The quantitative estimate of drug-likeness (QED) is 0.184. The number of rotatable bonds is 10. The van der Waals surface area contributed by atoms with Gasteiger partial charge < -0.3 is 30.1 Å². The summed E-state index contributed by atoms with van der Waals surface area (Å²) in [7, 11) is 6.11. The molecule has 3 aromatic heterocycles. The van der Waals surface area contributed by atoms with Crippen LogP contribution in [0, 0.1) is 0 Å². The second-order valence-corrected chi connectivity index (χ2v) is 14.4. The fourth-order valence-corrected chi connectivity index (χ4v) is 7.00. The van der Waals surface area contributed by atoms with Gasteiger partial charge in [-0.1, -0.05) is 50.3 Å². The number of benzene rings is 2. The Labute approximate surface area is 299 Å². The van der Waals surface area contributed by atoms with Gasteiger partial charge in [0.25, 0.3) is 0 Å². The average molecular weight is 689 g/mol. The number of amides is 1. The van der Waals surface area contributed by atoms with Crippen LogP contribution in [0.25, 0.3) is 27.7 Å². The van der Waals surface area contributed by atoms with Crippen molar-refractivity contribution in [2.45, 2.75) is 44.8 Å². The highest BCUT2D eigenvalue weighted by Crippen LogP contribution is 2.34. The Bertz CT molecular complexity index is 2050. The number of aromatic nitrogens is 5. The van der Waals surface area contributed by atoms with E-state index in [1.807, 2.05) is 78.4 Å². The highest BCUT2D eigenvalue weighted by Gasteiger charge is 2.40. The third kappa shape index (κ3) is 7.58. The summed E-state index contributed by atoms with van der Waals surface area (Å²) >= 11 is 0. The number of pyridine rings is 1. The zero-order valence-electron chi connectivity index (χ0n) is 30.3. The number of piperidine rings is 1. The lowest BCUT2D eigenvalue weighted by Gasteiger charge is -2.46. The Morgan fingerprint density at radius 1 is 1.08 bits per heavy atom. The smallest absolute Gasteiger partial charge is 0.248 e. The van der Waals surface area contributed by atoms with Crippen molar-refractivity contribution in [3.63, 3.8) is 0 Å². The summed E-state index contributed by atoms with van der Waals surface area (Å²) in [5, 5.41) is 13.3. The number of carbonyl (C=O) groups excluding carboxylic acids is 1. The molecule has 2 fully saturated rings. The van der Waals surface area contributed by atoms with Crippen LogP contribution < -0.4 is 15.5 Å². The maximum Gasteiger partial charge on any atom is 0.248 e. The predicted molar refractivity (Wildman–Crippen MR) is 203 cm³/mol. The zero-order chi connectivity index (χ0) is 35.5. The van der Waals surface area contributed by atoms with E-state index in [0.717, 1.165) is 83.5 Å². The van der Waals surface area contributed by atoms with E-state index in [9.17, 15) is 4.79 Å². The Morgan fingerprint density at radius 2 is 1.90 bits per heavy atom. The van der Waals surface area contributed by atoms with E-state index in [1.54, 1.807) is 6.08 Å². The molecule has 12 heteroatoms. The van der Waals surface area contributed by atoms with E-state index in [-0.39, 0.29) is 17.4 Å². The lowest BCUT2D eigenvalue weighted by molar-refractivity contribution is -0.111. The largest absolute Gasteiger partial charge is 0.371 e. The Balaban J connectivity index is 1.16. The molecule has 266 valence electrons. The molecule has 0 saturated carbocycles. The van der Waals surface area contributed by atoms with Crippen LogP contribution in [0.3, 0.4) is 0 Å². The SMILES string of the molecule is CC(C)c1cnn2c(NCc3ccccc3-c3nccc4cc(NC(=O)/C=C/CN(C)C)ccc34)nc(N3CCOC4(CCN(C)CC4)C3)nc12. The highest BCUT2D eigenvalue weighted by atomic mass is 16.5. The van der Waals surface area contributed by atoms with Crippen molar-refractivity contribution in [2.75, 3.05) is 76.0 Å². The van der Waals surface area contributed by atoms with Gasteiger partial charge in [0.15, 0.2) is 5.65 Å². The van der Waals surface area contributed by atoms with Crippen LogP contribution in [-0.2, 0) is 16.1 Å². The van der Waals surface area contributed by atoms with Gasteiger partial charge in [0.05, 0.1) is 30.6 Å². The number of likely N-dealkylation sites (tertiary alicyclic amines) is 1. The van der Waals surface area contributed by atoms with Gasteiger partial charge in [0, 0.05) is 67.2 Å². The van der Waals surface area contributed by atoms with E-state index in [1.165, 1.54) is 0 Å². The molecule has 0 radical (unpaired) electrons. The molecule has 1 spiro atoms. The minimum atomic E-state index is -0.172. The molecule has 5 heterocycles. The van der Waals surface area contributed by atoms with Crippen LogP contribution in [0.5, 0.6) is 0 Å². The van der Waals surface area contributed by atoms with Gasteiger partial charge >= 0.3 is 0 Å². The van der Waals surface area contributed by atoms with Gasteiger partial charge in [0.1, 0.15) is 0 Å². The van der Waals surface area contributed by atoms with E-state index < -0.39 is 0 Å². The predicted octanol–water partition coefficient (Wildman–Crippen LogP) is 5.43. The molecule has 0 aliphatic carbocycles. The summed E-state index contributed by atoms with van der Waals surface area (Å²) in [4.78, 5) is 34.2. The van der Waals surface area contributed by atoms with E-state index in [0.29, 0.717) is 31.6 Å². The molecule has 5 aromatic rings. The van der Waals surface area contributed by atoms with E-state index >= 15 is 0 Å². The molecule has 51 heavy (non-hydrogen) atoms. The molecule has 2 aliphatic heterocycles. The first-order chi connectivity index (χ1) is 24.7.